The van der Waals surface area contributed by atoms with Crippen molar-refractivity contribution in [2.75, 3.05) is 7.11 Å². The number of amides is 1. The zero-order valence-corrected chi connectivity index (χ0v) is 25.3. The summed E-state index contributed by atoms with van der Waals surface area (Å²) in [5.74, 6) is -1.64. The van der Waals surface area contributed by atoms with Gasteiger partial charge in [0.15, 0.2) is 11.5 Å². The van der Waals surface area contributed by atoms with Gasteiger partial charge in [-0.1, -0.05) is 71.9 Å². The first-order valence-electron chi connectivity index (χ1n) is 14.4. The average Bonchev–Trinajstić information content (AvgIpc) is 3.34. The number of nitrogens with one attached hydrogen (secondary N) is 1. The van der Waals surface area contributed by atoms with Gasteiger partial charge in [0.25, 0.3) is 5.91 Å². The fourth-order valence-corrected chi connectivity index (χ4v) is 5.99. The van der Waals surface area contributed by atoms with Gasteiger partial charge in [-0.25, -0.2) is 0 Å². The van der Waals surface area contributed by atoms with Gasteiger partial charge in [0, 0.05) is 18.7 Å². The largest absolute Gasteiger partial charge is 0.507 e. The monoisotopic (exact) mass is 604 g/mol. The van der Waals surface area contributed by atoms with Crippen LogP contribution >= 0.6 is 0 Å². The zero-order chi connectivity index (χ0) is 31.9. The average molecular weight is 605 g/mol. The Morgan fingerprint density at radius 1 is 1.04 bits per heavy atom. The number of oxime groups is 1. The second-order valence-electron chi connectivity index (χ2n) is 11.2. The second kappa shape index (κ2) is 11.5. The summed E-state index contributed by atoms with van der Waals surface area (Å²) >= 11 is 0. The Kier molecular flexibility index (Phi) is 7.54. The summed E-state index contributed by atoms with van der Waals surface area (Å²) in [6.45, 7) is 5.49. The number of hydrogen-bond donors (Lipinski definition) is 3. The molecule has 4 aromatic carbocycles. The fourth-order valence-electron chi connectivity index (χ4n) is 5.99. The number of aliphatic hydroxyl groups excluding tert-OH is 1. The molecule has 0 spiro atoms. The van der Waals surface area contributed by atoms with Crippen LogP contribution < -0.4 is 14.8 Å². The summed E-state index contributed by atoms with van der Waals surface area (Å²) in [4.78, 5) is 33.4. The van der Waals surface area contributed by atoms with Crippen LogP contribution in [0.5, 0.6) is 17.2 Å². The number of methoxy groups -OCH3 is 1. The summed E-state index contributed by atoms with van der Waals surface area (Å²) in [7, 11) is 1.38. The molecule has 0 radical (unpaired) electrons. The molecule has 6 rings (SSSR count). The van der Waals surface area contributed by atoms with Crippen LogP contribution in [0.1, 0.15) is 46.5 Å². The molecule has 0 saturated heterocycles. The molecule has 0 aromatic heterocycles. The van der Waals surface area contributed by atoms with E-state index < -0.39 is 17.1 Å². The number of phenols is 1. The topological polar surface area (TPSA) is 127 Å². The molecule has 2 aliphatic rings. The Hall–Kier alpha value is -5.57. The van der Waals surface area contributed by atoms with Gasteiger partial charge in [0.05, 0.1) is 24.0 Å². The van der Waals surface area contributed by atoms with Gasteiger partial charge in [-0.3, -0.25) is 9.59 Å². The lowest BCUT2D eigenvalue weighted by Crippen LogP contribution is -2.38. The smallest absolute Gasteiger partial charge is 0.259 e. The molecule has 1 heterocycles. The minimum absolute atomic E-state index is 0.0186. The van der Waals surface area contributed by atoms with Crippen LogP contribution in [0, 0.1) is 6.92 Å². The summed E-state index contributed by atoms with van der Waals surface area (Å²) in [5, 5.41) is 31.2. The van der Waals surface area contributed by atoms with Crippen molar-refractivity contribution in [2.24, 2.45) is 5.16 Å². The number of Topliss-reactive ketones (excluding diaryl/α,β-unsaturated/α-hetero) is 1. The van der Waals surface area contributed by atoms with Crippen molar-refractivity contribution in [3.8, 4) is 17.2 Å². The molecule has 228 valence electrons. The quantitative estimate of drug-likeness (QED) is 0.159. The molecule has 1 amide bonds. The number of carbonyl (C=O) groups excluding carboxylic acids is 2. The van der Waals surface area contributed by atoms with Crippen molar-refractivity contribution in [1.29, 1.82) is 0 Å². The number of fused-ring (bicyclic) bond motifs is 4. The number of carbonyl (C=O) groups is 2. The van der Waals surface area contributed by atoms with Gasteiger partial charge in [-0.2, -0.15) is 0 Å². The van der Waals surface area contributed by atoms with Gasteiger partial charge >= 0.3 is 0 Å². The third-order valence-corrected chi connectivity index (χ3v) is 8.42. The van der Waals surface area contributed by atoms with E-state index in [9.17, 15) is 19.8 Å². The van der Waals surface area contributed by atoms with E-state index in [0.29, 0.717) is 0 Å². The van der Waals surface area contributed by atoms with E-state index in [0.717, 1.165) is 27.5 Å². The van der Waals surface area contributed by atoms with E-state index in [1.807, 2.05) is 73.7 Å². The van der Waals surface area contributed by atoms with Crippen molar-refractivity contribution >= 4 is 28.2 Å². The number of ketones is 1. The Balaban J connectivity index is 1.33. The van der Waals surface area contributed by atoms with Crippen LogP contribution in [0.3, 0.4) is 0 Å². The molecule has 0 fully saturated rings. The molecule has 4 aromatic rings. The van der Waals surface area contributed by atoms with E-state index in [-0.39, 0.29) is 64.3 Å². The lowest BCUT2D eigenvalue weighted by atomic mass is 9.71. The van der Waals surface area contributed by atoms with Crippen molar-refractivity contribution < 1.29 is 34.1 Å². The van der Waals surface area contributed by atoms with E-state index in [2.05, 4.69) is 10.5 Å². The molecule has 1 aliphatic carbocycles. The van der Waals surface area contributed by atoms with E-state index in [1.54, 1.807) is 13.8 Å². The zero-order valence-electron chi connectivity index (χ0n) is 25.3. The lowest BCUT2D eigenvalue weighted by Gasteiger charge is -2.28. The van der Waals surface area contributed by atoms with Crippen molar-refractivity contribution in [1.82, 2.24) is 5.32 Å². The van der Waals surface area contributed by atoms with E-state index in [4.69, 9.17) is 14.3 Å². The van der Waals surface area contributed by atoms with Crippen LogP contribution in [0.2, 0.25) is 0 Å². The molecule has 3 N–H and O–H groups in total. The predicted octanol–water partition coefficient (Wildman–Crippen LogP) is 6.31. The second-order valence-corrected chi connectivity index (χ2v) is 11.2. The highest BCUT2D eigenvalue weighted by Gasteiger charge is 2.55. The van der Waals surface area contributed by atoms with Gasteiger partial charge in [-0.05, 0) is 48.2 Å². The first kappa shape index (κ1) is 29.5. The van der Waals surface area contributed by atoms with Gasteiger partial charge in [-0.15, -0.1) is 0 Å². The van der Waals surface area contributed by atoms with Crippen molar-refractivity contribution in [3.05, 3.63) is 124 Å². The van der Waals surface area contributed by atoms with Crippen molar-refractivity contribution in [2.45, 2.75) is 39.3 Å². The van der Waals surface area contributed by atoms with Crippen LogP contribution in [0.15, 0.2) is 101 Å². The van der Waals surface area contributed by atoms with E-state index in [1.165, 1.54) is 19.3 Å². The third kappa shape index (κ3) is 4.96. The predicted molar refractivity (Wildman–Crippen MR) is 170 cm³/mol. The number of hydrogen-bond acceptors (Lipinski definition) is 8. The highest BCUT2D eigenvalue weighted by molar-refractivity contribution is 6.27. The van der Waals surface area contributed by atoms with Crippen LogP contribution in [-0.2, 0) is 28.2 Å². The van der Waals surface area contributed by atoms with Gasteiger partial charge in [0.1, 0.15) is 40.6 Å². The van der Waals surface area contributed by atoms with Crippen LogP contribution in [0.4, 0.5) is 0 Å². The number of aromatic hydroxyl groups is 1. The normalized spacial score (nSPS) is 17.4. The molecular weight excluding hydrogens is 572 g/mol. The summed E-state index contributed by atoms with van der Waals surface area (Å²) in [5.41, 5.74) is 1.46. The summed E-state index contributed by atoms with van der Waals surface area (Å²) in [6, 6.07) is 22.7. The Bertz CT molecular complexity index is 1960. The summed E-state index contributed by atoms with van der Waals surface area (Å²) < 4.78 is 11.6. The van der Waals surface area contributed by atoms with Crippen LogP contribution in [0.25, 0.3) is 10.8 Å². The number of nitrogens with zero attached hydrogens (tertiary/aromatic N) is 1. The third-order valence-electron chi connectivity index (χ3n) is 8.42. The summed E-state index contributed by atoms with van der Waals surface area (Å²) in [6.07, 6.45) is 1.31. The molecule has 9 nitrogen and oxygen atoms in total. The molecule has 0 bridgehead atoms. The maximum atomic E-state index is 14.1. The van der Waals surface area contributed by atoms with Gasteiger partial charge in [0.2, 0.25) is 0 Å². The molecule has 1 atom stereocenters. The minimum Gasteiger partial charge on any atom is -0.507 e. The molecule has 9 heteroatoms. The minimum atomic E-state index is -1.56. The Morgan fingerprint density at radius 2 is 1.78 bits per heavy atom. The Labute approximate surface area is 260 Å². The number of phenolic OH excluding ortho intramolecular Hbond substituents is 1. The maximum absolute atomic E-state index is 14.1. The molecule has 0 unspecified atom stereocenters. The highest BCUT2D eigenvalue weighted by atomic mass is 16.6. The highest BCUT2D eigenvalue weighted by Crippen LogP contribution is 2.56. The number of ether oxygens (including phenoxy) is 2. The standard InChI is InChI=1S/C36H32N2O7/c1-20-14-15-23-12-8-9-13-24(23)25(20)18-37-35(42)31-28(43-4)16-27(40)32-33(31)45-29-17-26(39)30(34(41)36(29,32)3)21(2)38-44-19-22-10-6-5-7-11-22/h5-17,39-40H,18-19H2,1-4H3,(H,37,42)/b38-21+/t36-/m1/s1. The number of aryl methyl sites for hydroxylation is 1. The molecule has 0 saturated carbocycles. The maximum Gasteiger partial charge on any atom is 0.259 e. The van der Waals surface area contributed by atoms with Crippen molar-refractivity contribution in [3.63, 3.8) is 0 Å². The van der Waals surface area contributed by atoms with Gasteiger partial charge < -0.3 is 29.8 Å². The number of aliphatic hydroxyl groups is 1. The molecular formula is C36H32N2O7. The Morgan fingerprint density at radius 3 is 2.53 bits per heavy atom. The number of benzene rings is 4. The number of rotatable bonds is 8. The first-order chi connectivity index (χ1) is 21.6. The molecule has 1 aliphatic heterocycles. The molecule has 45 heavy (non-hydrogen) atoms. The van der Waals surface area contributed by atoms with E-state index >= 15 is 0 Å². The SMILES string of the molecule is COc1cc(O)c2c(c1C(=O)NCc1c(C)ccc3ccccc13)OC1=CC(O)=C(/C(C)=N/OCc3ccccc3)C(=O)[C@]12C. The first-order valence-corrected chi connectivity index (χ1v) is 14.4. The fraction of sp³-hybridized carbons (Fsp3) is 0.194. The lowest BCUT2D eigenvalue weighted by molar-refractivity contribution is -0.119. The van der Waals surface area contributed by atoms with Crippen LogP contribution in [-0.4, -0.2) is 34.7 Å². The number of allylic oxidation sites excluding steroid dienone is 3.